The Bertz CT molecular complexity index is 257. The van der Waals surface area contributed by atoms with Crippen LogP contribution in [0.25, 0.3) is 0 Å². The second-order valence-electron chi connectivity index (χ2n) is 2.64. The van der Waals surface area contributed by atoms with E-state index in [4.69, 9.17) is 9.47 Å². The zero-order chi connectivity index (χ0) is 10.4. The molecule has 0 saturated heterocycles. The molecule has 1 rings (SSSR count). The molecule has 0 spiro atoms. The maximum absolute atomic E-state index is 5.41. The first kappa shape index (κ1) is 11.6. The van der Waals surface area contributed by atoms with Crippen molar-refractivity contribution in [1.82, 2.24) is 4.98 Å². The van der Waals surface area contributed by atoms with Crippen molar-refractivity contribution in [2.24, 2.45) is 0 Å². The lowest BCUT2D eigenvalue weighted by atomic mass is 10.3. The summed E-state index contributed by atoms with van der Waals surface area (Å²) in [7, 11) is 0. The van der Waals surface area contributed by atoms with E-state index in [1.54, 1.807) is 6.20 Å². The standard InChI is InChI=1S/C10H14BrNO2/c1-3-13-10(14-4-2)9-6-5-8(11)7-12-9/h5-7,10H,3-4H2,1-2H3. The summed E-state index contributed by atoms with van der Waals surface area (Å²) in [5, 5.41) is 0. The minimum absolute atomic E-state index is 0.349. The van der Waals surface area contributed by atoms with Crippen LogP contribution >= 0.6 is 15.9 Å². The van der Waals surface area contributed by atoms with Gasteiger partial charge in [-0.2, -0.15) is 0 Å². The molecule has 0 amide bonds. The smallest absolute Gasteiger partial charge is 0.201 e. The molecule has 1 aromatic heterocycles. The van der Waals surface area contributed by atoms with Gasteiger partial charge in [-0.15, -0.1) is 0 Å². The molecule has 0 aliphatic heterocycles. The fourth-order valence-corrected chi connectivity index (χ4v) is 1.28. The van der Waals surface area contributed by atoms with Crippen LogP contribution in [0.3, 0.4) is 0 Å². The van der Waals surface area contributed by atoms with Crippen LogP contribution in [0.4, 0.5) is 0 Å². The highest BCUT2D eigenvalue weighted by Crippen LogP contribution is 2.18. The predicted molar refractivity (Wildman–Crippen MR) is 57.9 cm³/mol. The van der Waals surface area contributed by atoms with E-state index in [0.29, 0.717) is 13.2 Å². The van der Waals surface area contributed by atoms with Gasteiger partial charge in [0.05, 0.1) is 5.69 Å². The molecule has 3 nitrogen and oxygen atoms in total. The molecule has 14 heavy (non-hydrogen) atoms. The molecule has 0 radical (unpaired) electrons. The molecular formula is C10H14BrNO2. The van der Waals surface area contributed by atoms with Gasteiger partial charge in [-0.25, -0.2) is 0 Å². The second-order valence-corrected chi connectivity index (χ2v) is 3.56. The van der Waals surface area contributed by atoms with E-state index in [2.05, 4.69) is 20.9 Å². The molecule has 0 aliphatic carbocycles. The molecule has 0 atom stereocenters. The number of halogens is 1. The van der Waals surface area contributed by atoms with Crippen molar-refractivity contribution >= 4 is 15.9 Å². The third-order valence-electron chi connectivity index (χ3n) is 1.63. The van der Waals surface area contributed by atoms with Crippen molar-refractivity contribution in [2.75, 3.05) is 13.2 Å². The normalized spacial score (nSPS) is 10.9. The molecule has 78 valence electrons. The van der Waals surface area contributed by atoms with Crippen molar-refractivity contribution in [3.8, 4) is 0 Å². The van der Waals surface area contributed by atoms with Gasteiger partial charge in [0.15, 0.2) is 0 Å². The Morgan fingerprint density at radius 1 is 1.29 bits per heavy atom. The molecular weight excluding hydrogens is 246 g/mol. The summed E-state index contributed by atoms with van der Waals surface area (Å²) in [6.45, 7) is 5.10. The number of ether oxygens (including phenoxy) is 2. The summed E-state index contributed by atoms with van der Waals surface area (Å²) >= 11 is 3.33. The zero-order valence-corrected chi connectivity index (χ0v) is 9.95. The maximum Gasteiger partial charge on any atom is 0.201 e. The molecule has 0 aliphatic rings. The largest absolute Gasteiger partial charge is 0.347 e. The Balaban J connectivity index is 2.71. The van der Waals surface area contributed by atoms with Crippen molar-refractivity contribution in [3.05, 3.63) is 28.5 Å². The van der Waals surface area contributed by atoms with E-state index in [1.807, 2.05) is 26.0 Å². The summed E-state index contributed by atoms with van der Waals surface area (Å²) < 4.78 is 11.8. The van der Waals surface area contributed by atoms with Gasteiger partial charge in [0.2, 0.25) is 6.29 Å². The highest BCUT2D eigenvalue weighted by molar-refractivity contribution is 9.10. The van der Waals surface area contributed by atoms with Crippen LogP contribution in [0.1, 0.15) is 25.8 Å². The molecule has 4 heteroatoms. The first-order valence-corrected chi connectivity index (χ1v) is 5.41. The topological polar surface area (TPSA) is 31.4 Å². The van der Waals surface area contributed by atoms with Gasteiger partial charge < -0.3 is 9.47 Å². The number of pyridine rings is 1. The van der Waals surface area contributed by atoms with Crippen LogP contribution in [0.2, 0.25) is 0 Å². The van der Waals surface area contributed by atoms with Gasteiger partial charge in [0.25, 0.3) is 0 Å². The van der Waals surface area contributed by atoms with E-state index in [1.165, 1.54) is 0 Å². The molecule has 0 N–H and O–H groups in total. The highest BCUT2D eigenvalue weighted by atomic mass is 79.9. The first-order chi connectivity index (χ1) is 6.77. The van der Waals surface area contributed by atoms with Crippen LogP contribution in [-0.2, 0) is 9.47 Å². The minimum atomic E-state index is -0.349. The number of hydrogen-bond acceptors (Lipinski definition) is 3. The lowest BCUT2D eigenvalue weighted by molar-refractivity contribution is -0.142. The van der Waals surface area contributed by atoms with E-state index in [-0.39, 0.29) is 6.29 Å². The quantitative estimate of drug-likeness (QED) is 0.763. The summed E-state index contributed by atoms with van der Waals surface area (Å²) in [6.07, 6.45) is 1.39. The van der Waals surface area contributed by atoms with Gasteiger partial charge >= 0.3 is 0 Å². The molecule has 1 heterocycles. The Hall–Kier alpha value is -0.450. The Labute approximate surface area is 92.6 Å². The summed E-state index contributed by atoms with van der Waals surface area (Å²) in [4.78, 5) is 4.22. The van der Waals surface area contributed by atoms with Crippen molar-refractivity contribution in [1.29, 1.82) is 0 Å². The highest BCUT2D eigenvalue weighted by Gasteiger charge is 2.11. The van der Waals surface area contributed by atoms with Crippen molar-refractivity contribution < 1.29 is 9.47 Å². The van der Waals surface area contributed by atoms with E-state index < -0.39 is 0 Å². The van der Waals surface area contributed by atoms with Crippen molar-refractivity contribution in [2.45, 2.75) is 20.1 Å². The van der Waals surface area contributed by atoms with Crippen LogP contribution < -0.4 is 0 Å². The average molecular weight is 260 g/mol. The number of aromatic nitrogens is 1. The molecule has 0 unspecified atom stereocenters. The minimum Gasteiger partial charge on any atom is -0.347 e. The zero-order valence-electron chi connectivity index (χ0n) is 8.37. The van der Waals surface area contributed by atoms with Gasteiger partial charge in [0.1, 0.15) is 0 Å². The summed E-state index contributed by atoms with van der Waals surface area (Å²) in [5.41, 5.74) is 0.803. The maximum atomic E-state index is 5.41. The Morgan fingerprint density at radius 3 is 2.36 bits per heavy atom. The predicted octanol–water partition coefficient (Wildman–Crippen LogP) is 2.92. The lowest BCUT2D eigenvalue weighted by Gasteiger charge is -2.15. The Kier molecular flexibility index (Phi) is 5.07. The molecule has 0 aromatic carbocycles. The fourth-order valence-electron chi connectivity index (χ4n) is 1.05. The van der Waals surface area contributed by atoms with Crippen LogP contribution in [-0.4, -0.2) is 18.2 Å². The van der Waals surface area contributed by atoms with Crippen LogP contribution in [0.5, 0.6) is 0 Å². The van der Waals surface area contributed by atoms with E-state index in [0.717, 1.165) is 10.2 Å². The van der Waals surface area contributed by atoms with Gasteiger partial charge in [-0.1, -0.05) is 0 Å². The Morgan fingerprint density at radius 2 is 1.93 bits per heavy atom. The number of nitrogens with zero attached hydrogens (tertiary/aromatic N) is 1. The van der Waals surface area contributed by atoms with Gasteiger partial charge in [-0.05, 0) is 41.9 Å². The van der Waals surface area contributed by atoms with Crippen LogP contribution in [0, 0.1) is 0 Å². The van der Waals surface area contributed by atoms with Crippen molar-refractivity contribution in [3.63, 3.8) is 0 Å². The third-order valence-corrected chi connectivity index (χ3v) is 2.10. The average Bonchev–Trinajstić information content (AvgIpc) is 2.19. The molecule has 0 fully saturated rings. The number of hydrogen-bond donors (Lipinski definition) is 0. The molecule has 0 saturated carbocycles. The lowest BCUT2D eigenvalue weighted by Crippen LogP contribution is -2.10. The van der Waals surface area contributed by atoms with Crippen LogP contribution in [0.15, 0.2) is 22.8 Å². The van der Waals surface area contributed by atoms with E-state index in [9.17, 15) is 0 Å². The fraction of sp³-hybridized carbons (Fsp3) is 0.500. The SMILES string of the molecule is CCOC(OCC)c1ccc(Br)cn1. The van der Waals surface area contributed by atoms with E-state index >= 15 is 0 Å². The number of rotatable bonds is 5. The monoisotopic (exact) mass is 259 g/mol. The summed E-state index contributed by atoms with van der Waals surface area (Å²) in [6, 6.07) is 3.81. The van der Waals surface area contributed by atoms with Gasteiger partial charge in [-0.3, -0.25) is 4.98 Å². The second kappa shape index (κ2) is 6.11. The molecule has 1 aromatic rings. The third kappa shape index (κ3) is 3.36. The van der Waals surface area contributed by atoms with Gasteiger partial charge in [0, 0.05) is 23.9 Å². The molecule has 0 bridgehead atoms. The first-order valence-electron chi connectivity index (χ1n) is 4.62. The summed E-state index contributed by atoms with van der Waals surface area (Å²) in [5.74, 6) is 0.